The fourth-order valence-electron chi connectivity index (χ4n) is 3.32. The third kappa shape index (κ3) is 3.97. The molecule has 1 amide bonds. The molecular weight excluding hydrogens is 414 g/mol. The lowest BCUT2D eigenvalue weighted by molar-refractivity contribution is -0.127. The van der Waals surface area contributed by atoms with E-state index in [9.17, 15) is 4.79 Å². The van der Waals surface area contributed by atoms with Crippen LogP contribution >= 0.6 is 23.1 Å². The number of hydrogen-bond donors (Lipinski definition) is 0. The number of fused-ring (bicyclic) bond motifs is 1. The van der Waals surface area contributed by atoms with Crippen molar-refractivity contribution in [1.82, 2.24) is 24.6 Å². The number of carbonyl (C=O) groups excluding carboxylic acids is 1. The zero-order valence-electron chi connectivity index (χ0n) is 16.6. The lowest BCUT2D eigenvalue weighted by Gasteiger charge is -2.15. The highest BCUT2D eigenvalue weighted by Crippen LogP contribution is 2.41. The predicted octanol–water partition coefficient (Wildman–Crippen LogP) is 4.51. The average molecular weight is 436 g/mol. The summed E-state index contributed by atoms with van der Waals surface area (Å²) in [5, 5.41) is 10.5. The third-order valence-corrected chi connectivity index (χ3v) is 7.01. The summed E-state index contributed by atoms with van der Waals surface area (Å²) in [4.78, 5) is 19.1. The number of carbonyl (C=O) groups is 1. The zero-order chi connectivity index (χ0) is 20.5. The van der Waals surface area contributed by atoms with Crippen molar-refractivity contribution in [3.05, 3.63) is 65.4 Å². The average Bonchev–Trinajstić information content (AvgIpc) is 3.39. The van der Waals surface area contributed by atoms with Crippen LogP contribution in [-0.2, 0) is 11.3 Å². The van der Waals surface area contributed by atoms with Crippen LogP contribution in [0.5, 0.6) is 0 Å². The molecule has 0 bridgehead atoms. The summed E-state index contributed by atoms with van der Waals surface area (Å²) < 4.78 is 3.25. The van der Waals surface area contributed by atoms with Crippen molar-refractivity contribution in [2.45, 2.75) is 30.5 Å². The van der Waals surface area contributed by atoms with Gasteiger partial charge in [-0.1, -0.05) is 42.1 Å². The van der Waals surface area contributed by atoms with Gasteiger partial charge >= 0.3 is 0 Å². The Hall–Kier alpha value is -2.71. The van der Waals surface area contributed by atoms with Crippen molar-refractivity contribution in [2.24, 2.45) is 0 Å². The van der Waals surface area contributed by atoms with Crippen LogP contribution in [0.25, 0.3) is 15.9 Å². The highest BCUT2D eigenvalue weighted by molar-refractivity contribution is 7.99. The van der Waals surface area contributed by atoms with Crippen molar-refractivity contribution in [3.63, 3.8) is 0 Å². The van der Waals surface area contributed by atoms with Gasteiger partial charge in [-0.05, 0) is 37.1 Å². The molecule has 2 aromatic carbocycles. The number of rotatable bonds is 7. The van der Waals surface area contributed by atoms with Gasteiger partial charge in [0.05, 0.1) is 22.5 Å². The Balaban J connectivity index is 1.28. The van der Waals surface area contributed by atoms with Gasteiger partial charge in [-0.25, -0.2) is 4.98 Å². The van der Waals surface area contributed by atoms with Gasteiger partial charge in [0, 0.05) is 18.7 Å². The van der Waals surface area contributed by atoms with E-state index in [-0.39, 0.29) is 5.91 Å². The highest BCUT2D eigenvalue weighted by atomic mass is 32.2. The molecule has 2 aromatic heterocycles. The molecule has 1 aliphatic carbocycles. The molecule has 0 spiro atoms. The van der Waals surface area contributed by atoms with E-state index in [0.717, 1.165) is 44.7 Å². The molecule has 0 aliphatic heterocycles. The van der Waals surface area contributed by atoms with Gasteiger partial charge in [0.2, 0.25) is 5.91 Å². The monoisotopic (exact) mass is 435 g/mol. The van der Waals surface area contributed by atoms with Crippen molar-refractivity contribution in [3.8, 4) is 5.69 Å². The Bertz CT molecular complexity index is 1150. The lowest BCUT2D eigenvalue weighted by atomic mass is 10.3. The van der Waals surface area contributed by atoms with Crippen molar-refractivity contribution < 1.29 is 4.79 Å². The normalized spacial score (nSPS) is 13.6. The smallest absolute Gasteiger partial charge is 0.233 e. The van der Waals surface area contributed by atoms with Crippen LogP contribution in [0, 0.1) is 0 Å². The van der Waals surface area contributed by atoms with E-state index in [1.165, 1.54) is 11.8 Å². The van der Waals surface area contributed by atoms with E-state index in [1.807, 2.05) is 43.4 Å². The Morgan fingerprint density at radius 1 is 1.13 bits per heavy atom. The molecule has 0 radical (unpaired) electrons. The first kappa shape index (κ1) is 19.3. The van der Waals surface area contributed by atoms with Gasteiger partial charge in [0.15, 0.2) is 5.16 Å². The van der Waals surface area contributed by atoms with E-state index in [1.54, 1.807) is 16.2 Å². The summed E-state index contributed by atoms with van der Waals surface area (Å²) in [6, 6.07) is 18.2. The van der Waals surface area contributed by atoms with Gasteiger partial charge < -0.3 is 4.90 Å². The summed E-state index contributed by atoms with van der Waals surface area (Å²) in [6.45, 7) is 0.511. The Labute approximate surface area is 183 Å². The second-order valence-corrected chi connectivity index (χ2v) is 9.46. The number of hydrogen-bond acceptors (Lipinski definition) is 6. The van der Waals surface area contributed by atoms with Crippen LogP contribution in [0.4, 0.5) is 0 Å². The zero-order valence-corrected chi connectivity index (χ0v) is 18.2. The largest absolute Gasteiger partial charge is 0.338 e. The van der Waals surface area contributed by atoms with E-state index in [4.69, 9.17) is 0 Å². The van der Waals surface area contributed by atoms with Gasteiger partial charge in [0.25, 0.3) is 0 Å². The SMILES string of the molecule is CN(Cc1nc2ccccc2s1)C(=O)CSc1nnc(C2CC2)n1-c1ccccc1. The molecule has 0 saturated heterocycles. The van der Waals surface area contributed by atoms with E-state index in [2.05, 4.69) is 37.9 Å². The highest BCUT2D eigenvalue weighted by Gasteiger charge is 2.31. The number of benzene rings is 2. The molecule has 2 heterocycles. The first-order valence-electron chi connectivity index (χ1n) is 9.91. The summed E-state index contributed by atoms with van der Waals surface area (Å²) >= 11 is 3.07. The van der Waals surface area contributed by atoms with Gasteiger partial charge in [0.1, 0.15) is 10.8 Å². The molecule has 1 saturated carbocycles. The van der Waals surface area contributed by atoms with Crippen LogP contribution in [0.3, 0.4) is 0 Å². The quantitative estimate of drug-likeness (QED) is 0.400. The maximum Gasteiger partial charge on any atom is 0.233 e. The second kappa shape index (κ2) is 8.20. The third-order valence-electron chi connectivity index (χ3n) is 5.08. The topological polar surface area (TPSA) is 63.9 Å². The summed E-state index contributed by atoms with van der Waals surface area (Å²) in [7, 11) is 1.83. The first-order chi connectivity index (χ1) is 14.7. The maximum atomic E-state index is 12.8. The van der Waals surface area contributed by atoms with Crippen LogP contribution in [0.2, 0.25) is 0 Å². The summed E-state index contributed by atoms with van der Waals surface area (Å²) in [6.07, 6.45) is 2.30. The fraction of sp³-hybridized carbons (Fsp3) is 0.273. The van der Waals surface area contributed by atoms with Crippen LogP contribution in [-0.4, -0.2) is 43.4 Å². The van der Waals surface area contributed by atoms with Gasteiger partial charge in [-0.15, -0.1) is 21.5 Å². The number of thiazole rings is 1. The molecule has 0 atom stereocenters. The van der Waals surface area contributed by atoms with Crippen LogP contribution in [0.15, 0.2) is 59.8 Å². The summed E-state index contributed by atoms with van der Waals surface area (Å²) in [5.41, 5.74) is 2.03. The molecule has 30 heavy (non-hydrogen) atoms. The van der Waals surface area contributed by atoms with Crippen molar-refractivity contribution in [1.29, 1.82) is 0 Å². The molecule has 4 aromatic rings. The van der Waals surface area contributed by atoms with Gasteiger partial charge in [-0.2, -0.15) is 0 Å². The molecule has 5 rings (SSSR count). The maximum absolute atomic E-state index is 12.8. The second-order valence-electron chi connectivity index (χ2n) is 7.40. The Morgan fingerprint density at radius 2 is 1.90 bits per heavy atom. The minimum atomic E-state index is 0.0508. The molecule has 6 nitrogen and oxygen atoms in total. The minimum absolute atomic E-state index is 0.0508. The van der Waals surface area contributed by atoms with E-state index in [0.29, 0.717) is 18.2 Å². The Morgan fingerprint density at radius 3 is 2.67 bits per heavy atom. The Kier molecular flexibility index (Phi) is 5.26. The molecule has 1 aliphatic rings. The molecule has 152 valence electrons. The number of thioether (sulfide) groups is 1. The van der Waals surface area contributed by atoms with Crippen LogP contribution in [0.1, 0.15) is 29.6 Å². The molecular formula is C22H21N5OS2. The fourth-order valence-corrected chi connectivity index (χ4v) is 5.24. The summed E-state index contributed by atoms with van der Waals surface area (Å²) in [5.74, 6) is 1.84. The number of aromatic nitrogens is 4. The number of amides is 1. The number of nitrogens with zero attached hydrogens (tertiary/aromatic N) is 5. The van der Waals surface area contributed by atoms with E-state index >= 15 is 0 Å². The lowest BCUT2D eigenvalue weighted by Crippen LogP contribution is -2.27. The molecule has 0 unspecified atom stereocenters. The van der Waals surface area contributed by atoms with Crippen LogP contribution < -0.4 is 0 Å². The standard InChI is InChI=1S/C22H21N5OS2/c1-26(13-19-23-17-9-5-6-10-18(17)30-19)20(28)14-29-22-25-24-21(15-11-12-15)27(22)16-7-3-2-4-8-16/h2-10,15H,11-14H2,1H3. The van der Waals surface area contributed by atoms with E-state index < -0.39 is 0 Å². The van der Waals surface area contributed by atoms with Gasteiger partial charge in [-0.3, -0.25) is 9.36 Å². The van der Waals surface area contributed by atoms with Crippen molar-refractivity contribution in [2.75, 3.05) is 12.8 Å². The molecule has 8 heteroatoms. The minimum Gasteiger partial charge on any atom is -0.338 e. The van der Waals surface area contributed by atoms with Crippen molar-refractivity contribution >= 4 is 39.2 Å². The predicted molar refractivity (Wildman–Crippen MR) is 120 cm³/mol. The number of para-hydroxylation sites is 2. The first-order valence-corrected chi connectivity index (χ1v) is 11.7. The molecule has 0 N–H and O–H groups in total. The molecule has 1 fully saturated rings.